The maximum atomic E-state index is 12.2. The number of anilines is 2. The lowest BCUT2D eigenvalue weighted by Crippen LogP contribution is -2.23. The Morgan fingerprint density at radius 2 is 2.00 bits per heavy atom. The monoisotopic (exact) mass is 287 g/mol. The van der Waals surface area contributed by atoms with E-state index >= 15 is 0 Å². The summed E-state index contributed by atoms with van der Waals surface area (Å²) in [6.45, 7) is 5.50. The smallest absolute Gasteiger partial charge is 0.275 e. The minimum atomic E-state index is -0.311. The number of nitrogens with zero attached hydrogens (tertiary/aromatic N) is 4. The maximum absolute atomic E-state index is 12.2. The summed E-state index contributed by atoms with van der Waals surface area (Å²) in [6, 6.07) is 3.33. The van der Waals surface area contributed by atoms with E-state index in [1.165, 1.54) is 0 Å². The first kappa shape index (κ1) is 13.5. The summed E-state index contributed by atoms with van der Waals surface area (Å²) in [7, 11) is 0. The lowest BCUT2D eigenvalue weighted by Gasteiger charge is -2.16. The Labute approximate surface area is 122 Å². The average molecular weight is 287 g/mol. The molecule has 110 valence electrons. The van der Waals surface area contributed by atoms with Crippen LogP contribution in [-0.2, 0) is 0 Å². The standard InChI is InChI=1S/C14H17N5O2/c1-9-7-11(13(20)17-12-8-10(2)21-18-12)16-14(15-9)19-5-3-4-6-19/h7-8H,3-6H2,1-2H3,(H,17,18,20). The molecule has 1 saturated heterocycles. The van der Waals surface area contributed by atoms with Crippen molar-refractivity contribution in [3.05, 3.63) is 29.3 Å². The van der Waals surface area contributed by atoms with Gasteiger partial charge in [-0.25, -0.2) is 9.97 Å². The largest absolute Gasteiger partial charge is 0.360 e. The van der Waals surface area contributed by atoms with Gasteiger partial charge in [0.2, 0.25) is 5.95 Å². The quantitative estimate of drug-likeness (QED) is 0.928. The van der Waals surface area contributed by atoms with Crippen molar-refractivity contribution in [2.24, 2.45) is 0 Å². The van der Waals surface area contributed by atoms with Crippen molar-refractivity contribution in [1.29, 1.82) is 0 Å². The fourth-order valence-corrected chi connectivity index (χ4v) is 2.33. The summed E-state index contributed by atoms with van der Waals surface area (Å²) in [4.78, 5) is 23.1. The number of nitrogens with one attached hydrogen (secondary N) is 1. The molecule has 7 heteroatoms. The van der Waals surface area contributed by atoms with Crippen molar-refractivity contribution in [2.75, 3.05) is 23.3 Å². The number of rotatable bonds is 3. The lowest BCUT2D eigenvalue weighted by molar-refractivity contribution is 0.102. The molecule has 21 heavy (non-hydrogen) atoms. The molecule has 1 aliphatic rings. The first-order valence-electron chi connectivity index (χ1n) is 6.97. The van der Waals surface area contributed by atoms with Gasteiger partial charge in [0.05, 0.1) is 0 Å². The van der Waals surface area contributed by atoms with E-state index in [0.29, 0.717) is 23.2 Å². The van der Waals surface area contributed by atoms with Crippen LogP contribution in [0.15, 0.2) is 16.7 Å². The highest BCUT2D eigenvalue weighted by molar-refractivity contribution is 6.02. The van der Waals surface area contributed by atoms with Crippen LogP contribution in [-0.4, -0.2) is 34.1 Å². The zero-order chi connectivity index (χ0) is 14.8. The van der Waals surface area contributed by atoms with Crippen molar-refractivity contribution in [3.8, 4) is 0 Å². The number of hydrogen-bond acceptors (Lipinski definition) is 6. The van der Waals surface area contributed by atoms with Crippen LogP contribution in [0.2, 0.25) is 0 Å². The van der Waals surface area contributed by atoms with E-state index in [-0.39, 0.29) is 5.91 Å². The summed E-state index contributed by atoms with van der Waals surface area (Å²) in [5.74, 6) is 1.33. The van der Waals surface area contributed by atoms with Gasteiger partial charge < -0.3 is 14.7 Å². The molecule has 3 heterocycles. The van der Waals surface area contributed by atoms with Gasteiger partial charge in [0.15, 0.2) is 5.82 Å². The van der Waals surface area contributed by atoms with Gasteiger partial charge in [-0.3, -0.25) is 4.79 Å². The average Bonchev–Trinajstić information content (AvgIpc) is 3.10. The van der Waals surface area contributed by atoms with E-state index in [1.807, 2.05) is 6.92 Å². The fraction of sp³-hybridized carbons (Fsp3) is 0.429. The van der Waals surface area contributed by atoms with Crippen molar-refractivity contribution >= 4 is 17.7 Å². The minimum Gasteiger partial charge on any atom is -0.360 e. The third-order valence-electron chi connectivity index (χ3n) is 3.33. The van der Waals surface area contributed by atoms with Gasteiger partial charge in [-0.05, 0) is 32.8 Å². The molecule has 0 saturated carbocycles. The topological polar surface area (TPSA) is 84.2 Å². The summed E-state index contributed by atoms with van der Waals surface area (Å²) in [6.07, 6.45) is 2.27. The molecule has 1 fully saturated rings. The second-order valence-corrected chi connectivity index (χ2v) is 5.17. The summed E-state index contributed by atoms with van der Waals surface area (Å²) < 4.78 is 4.92. The highest BCUT2D eigenvalue weighted by Crippen LogP contribution is 2.17. The molecular weight excluding hydrogens is 270 g/mol. The van der Waals surface area contributed by atoms with E-state index in [2.05, 4.69) is 25.3 Å². The van der Waals surface area contributed by atoms with Crippen molar-refractivity contribution in [1.82, 2.24) is 15.1 Å². The van der Waals surface area contributed by atoms with Gasteiger partial charge in [0.25, 0.3) is 5.91 Å². The Morgan fingerprint density at radius 1 is 1.24 bits per heavy atom. The molecule has 0 unspecified atom stereocenters. The summed E-state index contributed by atoms with van der Waals surface area (Å²) >= 11 is 0. The van der Waals surface area contributed by atoms with Crippen LogP contribution in [0.4, 0.5) is 11.8 Å². The molecule has 2 aromatic heterocycles. The highest BCUT2D eigenvalue weighted by Gasteiger charge is 2.18. The zero-order valence-electron chi connectivity index (χ0n) is 12.1. The molecule has 1 aliphatic heterocycles. The van der Waals surface area contributed by atoms with Crippen LogP contribution in [0.1, 0.15) is 34.8 Å². The van der Waals surface area contributed by atoms with Gasteiger partial charge in [-0.2, -0.15) is 0 Å². The van der Waals surface area contributed by atoms with E-state index < -0.39 is 0 Å². The van der Waals surface area contributed by atoms with E-state index in [0.717, 1.165) is 31.6 Å². The van der Waals surface area contributed by atoms with Crippen molar-refractivity contribution < 1.29 is 9.32 Å². The van der Waals surface area contributed by atoms with Gasteiger partial charge in [-0.1, -0.05) is 5.16 Å². The Kier molecular flexibility index (Phi) is 3.55. The third kappa shape index (κ3) is 3.01. The Hall–Kier alpha value is -2.44. The number of aromatic nitrogens is 3. The summed E-state index contributed by atoms with van der Waals surface area (Å²) in [5, 5.41) is 6.41. The van der Waals surface area contributed by atoms with Crippen molar-refractivity contribution in [2.45, 2.75) is 26.7 Å². The number of carbonyl (C=O) groups excluding carboxylic acids is 1. The van der Waals surface area contributed by atoms with Crippen molar-refractivity contribution in [3.63, 3.8) is 0 Å². The highest BCUT2D eigenvalue weighted by atomic mass is 16.5. The molecule has 0 bridgehead atoms. The third-order valence-corrected chi connectivity index (χ3v) is 3.33. The lowest BCUT2D eigenvalue weighted by atomic mass is 10.3. The van der Waals surface area contributed by atoms with Crippen LogP contribution < -0.4 is 10.2 Å². The summed E-state index contributed by atoms with van der Waals surface area (Å²) in [5.41, 5.74) is 1.11. The molecule has 1 N–H and O–H groups in total. The molecule has 0 aromatic carbocycles. The predicted molar refractivity (Wildman–Crippen MR) is 77.4 cm³/mol. The van der Waals surface area contributed by atoms with E-state index in [4.69, 9.17) is 4.52 Å². The number of aryl methyl sites for hydroxylation is 2. The van der Waals surface area contributed by atoms with Crippen LogP contribution in [0.3, 0.4) is 0 Å². The molecule has 7 nitrogen and oxygen atoms in total. The van der Waals surface area contributed by atoms with Crippen LogP contribution >= 0.6 is 0 Å². The van der Waals surface area contributed by atoms with Gasteiger partial charge in [0.1, 0.15) is 11.5 Å². The zero-order valence-corrected chi connectivity index (χ0v) is 12.1. The van der Waals surface area contributed by atoms with E-state index in [9.17, 15) is 4.79 Å². The van der Waals surface area contributed by atoms with Gasteiger partial charge >= 0.3 is 0 Å². The molecule has 2 aromatic rings. The molecule has 0 aliphatic carbocycles. The van der Waals surface area contributed by atoms with Crippen LogP contribution in [0.5, 0.6) is 0 Å². The van der Waals surface area contributed by atoms with Gasteiger partial charge in [-0.15, -0.1) is 0 Å². The Balaban J connectivity index is 1.82. The van der Waals surface area contributed by atoms with Gasteiger partial charge in [0, 0.05) is 24.8 Å². The van der Waals surface area contributed by atoms with Crippen LogP contribution in [0, 0.1) is 13.8 Å². The SMILES string of the molecule is Cc1cc(C(=O)Nc2cc(C)on2)nc(N2CCCC2)n1. The normalized spacial score (nSPS) is 14.5. The minimum absolute atomic E-state index is 0.311. The second-order valence-electron chi connectivity index (χ2n) is 5.17. The predicted octanol–water partition coefficient (Wildman–Crippen LogP) is 1.93. The number of carbonyl (C=O) groups is 1. The number of hydrogen-bond donors (Lipinski definition) is 1. The molecule has 0 atom stereocenters. The molecule has 3 rings (SSSR count). The Morgan fingerprint density at radius 3 is 2.67 bits per heavy atom. The molecule has 0 radical (unpaired) electrons. The number of amides is 1. The second kappa shape index (κ2) is 5.51. The fourth-order valence-electron chi connectivity index (χ4n) is 2.33. The molecule has 1 amide bonds. The maximum Gasteiger partial charge on any atom is 0.275 e. The molecular formula is C14H17N5O2. The first-order valence-corrected chi connectivity index (χ1v) is 6.97. The first-order chi connectivity index (χ1) is 10.1. The Bertz CT molecular complexity index is 661. The van der Waals surface area contributed by atoms with E-state index in [1.54, 1.807) is 19.1 Å². The van der Waals surface area contributed by atoms with Crippen LogP contribution in [0.25, 0.3) is 0 Å². The molecule has 0 spiro atoms.